The number of carbonyl (C=O) groups excluding carboxylic acids is 2. The van der Waals surface area contributed by atoms with Gasteiger partial charge in [-0.05, 0) is 62.7 Å². The second kappa shape index (κ2) is 9.03. The molecule has 0 saturated carbocycles. The Hall–Kier alpha value is -3.72. The van der Waals surface area contributed by atoms with Gasteiger partial charge in [-0.1, -0.05) is 23.5 Å². The van der Waals surface area contributed by atoms with Crippen LogP contribution in [0.25, 0.3) is 5.76 Å². The summed E-state index contributed by atoms with van der Waals surface area (Å²) in [6.07, 6.45) is 0.000190. The Bertz CT molecular complexity index is 1220. The molecule has 1 amide bonds. The van der Waals surface area contributed by atoms with Crippen LogP contribution in [-0.2, 0) is 9.59 Å². The van der Waals surface area contributed by atoms with Crippen molar-refractivity contribution in [3.63, 3.8) is 0 Å². The summed E-state index contributed by atoms with van der Waals surface area (Å²) in [5.41, 5.74) is 1.01. The predicted octanol–water partition coefficient (Wildman–Crippen LogP) is 4.27. The van der Waals surface area contributed by atoms with Gasteiger partial charge in [-0.2, -0.15) is 0 Å². The normalized spacial score (nSPS) is 17.6. The summed E-state index contributed by atoms with van der Waals surface area (Å²) in [4.78, 5) is 27.5. The number of aryl methyl sites for hydroxylation is 1. The van der Waals surface area contributed by atoms with Crippen LogP contribution in [0, 0.1) is 6.92 Å². The highest BCUT2D eigenvalue weighted by Gasteiger charge is 2.48. The van der Waals surface area contributed by atoms with Gasteiger partial charge in [0, 0.05) is 5.56 Å². The van der Waals surface area contributed by atoms with Crippen molar-refractivity contribution in [2.24, 2.45) is 0 Å². The first-order valence-electron chi connectivity index (χ1n) is 10.3. The van der Waals surface area contributed by atoms with Gasteiger partial charge < -0.3 is 14.6 Å². The molecule has 0 bridgehead atoms. The Balaban J connectivity index is 1.84. The number of aliphatic hydroxyl groups is 1. The minimum absolute atomic E-state index is 0.000190. The van der Waals surface area contributed by atoms with Crippen LogP contribution in [0.2, 0.25) is 0 Å². The van der Waals surface area contributed by atoms with Gasteiger partial charge >= 0.3 is 5.91 Å². The van der Waals surface area contributed by atoms with Crippen LogP contribution in [0.3, 0.4) is 0 Å². The second-order valence-corrected chi connectivity index (χ2v) is 8.90. The maximum atomic E-state index is 13.1. The Morgan fingerprint density at radius 1 is 1.03 bits per heavy atom. The van der Waals surface area contributed by atoms with Gasteiger partial charge in [0.15, 0.2) is 0 Å². The number of Topliss-reactive ketones (excluding diaryl/α,β-unsaturated/α-hetero) is 1. The number of ether oxygens (including phenoxy) is 2. The molecule has 4 rings (SSSR count). The zero-order valence-corrected chi connectivity index (χ0v) is 19.4. The molecule has 1 atom stereocenters. The van der Waals surface area contributed by atoms with Crippen LogP contribution < -0.4 is 14.4 Å². The number of methoxy groups -OCH3 is 1. The Kier molecular flexibility index (Phi) is 6.15. The van der Waals surface area contributed by atoms with Crippen molar-refractivity contribution >= 4 is 33.9 Å². The Morgan fingerprint density at radius 3 is 2.21 bits per heavy atom. The topological polar surface area (TPSA) is 102 Å². The number of benzene rings is 2. The van der Waals surface area contributed by atoms with Crippen molar-refractivity contribution in [2.75, 3.05) is 12.0 Å². The van der Waals surface area contributed by atoms with E-state index < -0.39 is 17.7 Å². The number of hydrogen-bond acceptors (Lipinski definition) is 8. The fourth-order valence-electron chi connectivity index (χ4n) is 3.63. The fraction of sp³-hybridized carbons (Fsp3) is 0.250. The van der Waals surface area contributed by atoms with Gasteiger partial charge in [-0.15, -0.1) is 10.2 Å². The van der Waals surface area contributed by atoms with Gasteiger partial charge in [0.1, 0.15) is 22.3 Å². The lowest BCUT2D eigenvalue weighted by Crippen LogP contribution is -2.29. The predicted molar refractivity (Wildman–Crippen MR) is 125 cm³/mol. The van der Waals surface area contributed by atoms with E-state index >= 15 is 0 Å². The van der Waals surface area contributed by atoms with E-state index in [0.717, 1.165) is 0 Å². The average Bonchev–Trinajstić information content (AvgIpc) is 3.34. The summed E-state index contributed by atoms with van der Waals surface area (Å²) in [5.74, 6) is -0.563. The first-order valence-corrected chi connectivity index (χ1v) is 11.1. The van der Waals surface area contributed by atoms with Crippen molar-refractivity contribution in [1.29, 1.82) is 0 Å². The maximum absolute atomic E-state index is 13.1. The van der Waals surface area contributed by atoms with Gasteiger partial charge in [-0.3, -0.25) is 14.5 Å². The quantitative estimate of drug-likeness (QED) is 0.329. The Morgan fingerprint density at radius 2 is 1.67 bits per heavy atom. The first-order chi connectivity index (χ1) is 15.8. The lowest BCUT2D eigenvalue weighted by molar-refractivity contribution is -0.132. The summed E-state index contributed by atoms with van der Waals surface area (Å²) in [7, 11) is 1.55. The molecule has 1 aliphatic heterocycles. The number of anilines is 1. The maximum Gasteiger partial charge on any atom is 0.301 e. The highest BCUT2D eigenvalue weighted by Crippen LogP contribution is 2.43. The minimum atomic E-state index is -0.866. The van der Waals surface area contributed by atoms with Gasteiger partial charge in [-0.25, -0.2) is 0 Å². The molecule has 0 spiro atoms. The summed E-state index contributed by atoms with van der Waals surface area (Å²) in [5, 5.41) is 20.2. The molecule has 1 fully saturated rings. The van der Waals surface area contributed by atoms with Crippen molar-refractivity contribution in [3.05, 3.63) is 70.2 Å². The number of aromatic nitrogens is 2. The monoisotopic (exact) mass is 465 g/mol. The zero-order chi connectivity index (χ0) is 23.7. The molecule has 170 valence electrons. The molecular formula is C24H23N3O5S. The first kappa shape index (κ1) is 22.5. The van der Waals surface area contributed by atoms with E-state index in [0.29, 0.717) is 27.6 Å². The second-order valence-electron chi connectivity index (χ2n) is 7.74. The van der Waals surface area contributed by atoms with Crippen LogP contribution in [-0.4, -0.2) is 40.2 Å². The van der Waals surface area contributed by atoms with Gasteiger partial charge in [0.05, 0.1) is 24.8 Å². The zero-order valence-electron chi connectivity index (χ0n) is 18.6. The van der Waals surface area contributed by atoms with Crippen molar-refractivity contribution < 1.29 is 24.2 Å². The summed E-state index contributed by atoms with van der Waals surface area (Å²) >= 11 is 1.20. The summed E-state index contributed by atoms with van der Waals surface area (Å²) in [6.45, 7) is 5.60. The number of amides is 1. The Labute approximate surface area is 195 Å². The minimum Gasteiger partial charge on any atom is -0.507 e. The van der Waals surface area contributed by atoms with Crippen molar-refractivity contribution in [3.8, 4) is 11.5 Å². The van der Waals surface area contributed by atoms with Crippen molar-refractivity contribution in [1.82, 2.24) is 10.2 Å². The molecule has 0 aliphatic carbocycles. The number of nitrogens with zero attached hydrogens (tertiary/aromatic N) is 3. The molecule has 9 heteroatoms. The molecule has 8 nitrogen and oxygen atoms in total. The number of hydrogen-bond donors (Lipinski definition) is 1. The molecule has 2 aromatic carbocycles. The van der Waals surface area contributed by atoms with E-state index in [-0.39, 0.29) is 22.6 Å². The number of ketones is 1. The lowest BCUT2D eigenvalue weighted by atomic mass is 9.95. The van der Waals surface area contributed by atoms with Crippen LogP contribution in [0.1, 0.15) is 36.0 Å². The van der Waals surface area contributed by atoms with E-state index in [1.165, 1.54) is 16.2 Å². The van der Waals surface area contributed by atoms with Crippen LogP contribution in [0.5, 0.6) is 11.5 Å². The lowest BCUT2D eigenvalue weighted by Gasteiger charge is -2.22. The van der Waals surface area contributed by atoms with Gasteiger partial charge in [0.25, 0.3) is 5.78 Å². The molecule has 1 N–H and O–H groups in total. The van der Waals surface area contributed by atoms with Gasteiger partial charge in [0.2, 0.25) is 5.13 Å². The summed E-state index contributed by atoms with van der Waals surface area (Å²) in [6, 6.07) is 12.8. The average molecular weight is 466 g/mol. The SMILES string of the molecule is COc1ccc([C@@H]2C(=C(O)c3ccc(OC(C)C)cc3)C(=O)C(=O)N2c2nnc(C)s2)cc1. The molecule has 1 aromatic heterocycles. The van der Waals surface area contributed by atoms with E-state index in [4.69, 9.17) is 9.47 Å². The third kappa shape index (κ3) is 4.31. The number of carbonyl (C=O) groups is 2. The van der Waals surface area contributed by atoms with Crippen LogP contribution in [0.4, 0.5) is 5.13 Å². The molecule has 2 heterocycles. The number of aliphatic hydroxyl groups excluding tert-OH is 1. The van der Waals surface area contributed by atoms with Crippen LogP contribution >= 0.6 is 11.3 Å². The standard InChI is InChI=1S/C24H23N3O5S/c1-13(2)32-18-11-7-16(8-12-18)21(28)19-20(15-5-9-17(31-4)10-6-15)27(23(30)22(19)29)24-26-25-14(3)33-24/h5-13,20,28H,1-4H3/t20-/m1/s1. The highest BCUT2D eigenvalue weighted by molar-refractivity contribution is 7.15. The molecule has 33 heavy (non-hydrogen) atoms. The highest BCUT2D eigenvalue weighted by atomic mass is 32.1. The molecule has 1 aliphatic rings. The fourth-order valence-corrected chi connectivity index (χ4v) is 4.35. The molecule has 3 aromatic rings. The number of rotatable bonds is 6. The molecule has 1 saturated heterocycles. The van der Waals surface area contributed by atoms with Crippen LogP contribution in [0.15, 0.2) is 54.1 Å². The largest absolute Gasteiger partial charge is 0.507 e. The molecular weight excluding hydrogens is 442 g/mol. The smallest absolute Gasteiger partial charge is 0.301 e. The summed E-state index contributed by atoms with van der Waals surface area (Å²) < 4.78 is 10.9. The third-order valence-electron chi connectivity index (χ3n) is 5.10. The third-order valence-corrected chi connectivity index (χ3v) is 5.93. The van der Waals surface area contributed by atoms with E-state index in [1.54, 1.807) is 62.6 Å². The molecule has 0 unspecified atom stereocenters. The van der Waals surface area contributed by atoms with E-state index in [2.05, 4.69) is 10.2 Å². The van der Waals surface area contributed by atoms with E-state index in [9.17, 15) is 14.7 Å². The molecule has 0 radical (unpaired) electrons. The van der Waals surface area contributed by atoms with E-state index in [1.807, 2.05) is 13.8 Å². The van der Waals surface area contributed by atoms with Crippen molar-refractivity contribution in [2.45, 2.75) is 32.9 Å².